The number of nitriles is 1. The fourth-order valence-corrected chi connectivity index (χ4v) is 4.44. The highest BCUT2D eigenvalue weighted by molar-refractivity contribution is 5.93. The Balaban J connectivity index is 2.14. The largest absolute Gasteiger partial charge is 0.481 e. The summed E-state index contributed by atoms with van der Waals surface area (Å²) in [5.74, 6) is -5.28. The van der Waals surface area contributed by atoms with E-state index >= 15 is 0 Å². The highest BCUT2D eigenvalue weighted by Crippen LogP contribution is 2.50. The molecule has 0 spiro atoms. The van der Waals surface area contributed by atoms with Crippen LogP contribution in [0.15, 0.2) is 18.5 Å². The molecule has 0 unspecified atom stereocenters. The molecular weight excluding hydrogens is 462 g/mol. The quantitative estimate of drug-likeness (QED) is 0.409. The molecule has 2 aromatic heterocycles. The number of carboxylic acid groups (broad SMARTS) is 2. The minimum absolute atomic E-state index is 0.135. The second kappa shape index (κ2) is 10.5. The summed E-state index contributed by atoms with van der Waals surface area (Å²) in [5.41, 5.74) is -1.47. The van der Waals surface area contributed by atoms with Crippen LogP contribution in [0.5, 0.6) is 0 Å². The lowest BCUT2D eigenvalue weighted by molar-refractivity contribution is -0.147. The zero-order chi connectivity index (χ0) is 25.8. The molecule has 1 saturated heterocycles. The number of carbonyl (C=O) groups excluding carboxylic acids is 2. The van der Waals surface area contributed by atoms with Gasteiger partial charge in [-0.15, -0.1) is 0 Å². The normalized spacial score (nSPS) is 23.5. The number of fused-ring (bicyclic) bond motifs is 1. The van der Waals surface area contributed by atoms with Crippen LogP contribution in [0.4, 0.5) is 5.82 Å². The van der Waals surface area contributed by atoms with Crippen molar-refractivity contribution in [2.75, 3.05) is 11.9 Å². The summed E-state index contributed by atoms with van der Waals surface area (Å²) >= 11 is 0. The Kier molecular flexibility index (Phi) is 7.65. The first-order chi connectivity index (χ1) is 16.6. The maximum atomic E-state index is 12.1. The number of hydrogen-bond donors (Lipinski definition) is 3. The van der Waals surface area contributed by atoms with Crippen LogP contribution in [0, 0.1) is 23.2 Å². The number of carboxylic acids is 2. The summed E-state index contributed by atoms with van der Waals surface area (Å²) in [4.78, 5) is 50.9. The van der Waals surface area contributed by atoms with E-state index in [4.69, 9.17) is 9.47 Å². The van der Waals surface area contributed by atoms with E-state index in [0.717, 1.165) is 6.33 Å². The Morgan fingerprint density at radius 2 is 1.97 bits per heavy atom. The van der Waals surface area contributed by atoms with Crippen LogP contribution >= 0.6 is 0 Å². The fraction of sp³-hybridized carbons (Fsp3) is 0.500. The van der Waals surface area contributed by atoms with Gasteiger partial charge in [-0.1, -0.05) is 6.92 Å². The van der Waals surface area contributed by atoms with Crippen molar-refractivity contribution in [2.24, 2.45) is 11.8 Å². The number of ether oxygens (including phenoxy) is 2. The zero-order valence-electron chi connectivity index (χ0n) is 19.1. The van der Waals surface area contributed by atoms with E-state index in [1.165, 1.54) is 17.5 Å². The summed E-state index contributed by atoms with van der Waals surface area (Å²) in [6.45, 7) is 2.66. The fourth-order valence-electron chi connectivity index (χ4n) is 4.44. The first-order valence-electron chi connectivity index (χ1n) is 10.9. The molecule has 0 saturated carbocycles. The maximum Gasteiger partial charge on any atom is 0.303 e. The van der Waals surface area contributed by atoms with Crippen LogP contribution in [0.2, 0.25) is 0 Å². The lowest BCUT2D eigenvalue weighted by atomic mass is 9.75. The Hall–Kier alpha value is -4.05. The molecule has 3 N–H and O–H groups in total. The van der Waals surface area contributed by atoms with Crippen molar-refractivity contribution in [3.05, 3.63) is 24.2 Å². The van der Waals surface area contributed by atoms with Gasteiger partial charge in [-0.05, 0) is 18.6 Å². The number of nitrogens with zero attached hydrogens (tertiary/aromatic N) is 4. The SMILES string of the molecule is CCCC(=O)Nc1ncnn2c([C@]3(C#N)O[C@@H](COC(C)=O)[C@H](CC(=O)O)[C@H]3CC(=O)O)ccc12. The summed E-state index contributed by atoms with van der Waals surface area (Å²) < 4.78 is 12.4. The average molecular weight is 487 g/mol. The van der Waals surface area contributed by atoms with Gasteiger partial charge in [0.05, 0.1) is 24.6 Å². The van der Waals surface area contributed by atoms with E-state index in [-0.39, 0.29) is 30.4 Å². The number of nitrogens with one attached hydrogen (secondary N) is 1. The van der Waals surface area contributed by atoms with Gasteiger partial charge in [-0.3, -0.25) is 19.2 Å². The van der Waals surface area contributed by atoms with Gasteiger partial charge in [-0.2, -0.15) is 10.4 Å². The molecule has 13 heteroatoms. The highest BCUT2D eigenvalue weighted by atomic mass is 16.6. The Labute approximate surface area is 199 Å². The molecule has 1 aliphatic heterocycles. The molecule has 2 aromatic rings. The first-order valence-corrected chi connectivity index (χ1v) is 10.9. The van der Waals surface area contributed by atoms with E-state index in [0.29, 0.717) is 11.9 Å². The summed E-state index contributed by atoms with van der Waals surface area (Å²) in [7, 11) is 0. The standard InChI is InChI=1S/C22H25N5O8/c1-3-4-18(29)26-21-15-5-6-17(27(15)25-11-24-21)22(10-23)14(8-20(32)33)13(7-19(30)31)16(35-22)9-34-12(2)28/h5-6,11,13-14,16H,3-4,7-9H2,1-2H3,(H,30,31)(H,32,33)(H,24,25,26,29)/t13-,14-,16+,22-/m1/s1. The number of aliphatic carboxylic acids is 2. The van der Waals surface area contributed by atoms with E-state index in [2.05, 4.69) is 15.4 Å². The number of esters is 1. The predicted molar refractivity (Wildman–Crippen MR) is 117 cm³/mol. The highest BCUT2D eigenvalue weighted by Gasteiger charge is 2.59. The van der Waals surface area contributed by atoms with Crippen molar-refractivity contribution >= 4 is 35.1 Å². The topological polar surface area (TPSA) is 193 Å². The van der Waals surface area contributed by atoms with Crippen LogP contribution in [0.3, 0.4) is 0 Å². The number of anilines is 1. The third-order valence-electron chi connectivity index (χ3n) is 5.84. The van der Waals surface area contributed by atoms with Crippen molar-refractivity contribution < 1.29 is 38.9 Å². The zero-order valence-corrected chi connectivity index (χ0v) is 19.1. The molecule has 186 valence electrons. The van der Waals surface area contributed by atoms with E-state index in [1.807, 2.05) is 13.0 Å². The second-order valence-corrected chi connectivity index (χ2v) is 8.19. The van der Waals surface area contributed by atoms with Gasteiger partial charge in [0.15, 0.2) is 11.4 Å². The molecule has 1 fully saturated rings. The molecule has 0 aliphatic carbocycles. The monoisotopic (exact) mass is 487 g/mol. The summed E-state index contributed by atoms with van der Waals surface area (Å²) in [6, 6.07) is 5.08. The lowest BCUT2D eigenvalue weighted by Gasteiger charge is -2.28. The Bertz CT molecular complexity index is 1190. The van der Waals surface area contributed by atoms with Gasteiger partial charge in [0.2, 0.25) is 5.91 Å². The lowest BCUT2D eigenvalue weighted by Crippen LogP contribution is -2.36. The van der Waals surface area contributed by atoms with Crippen LogP contribution in [0.25, 0.3) is 5.52 Å². The molecular formula is C22H25N5O8. The van der Waals surface area contributed by atoms with Crippen LogP contribution in [-0.4, -0.2) is 61.3 Å². The number of hydrogen-bond acceptors (Lipinski definition) is 9. The second-order valence-electron chi connectivity index (χ2n) is 8.19. The third kappa shape index (κ3) is 5.22. The molecule has 0 bridgehead atoms. The number of carbonyl (C=O) groups is 4. The molecule has 0 radical (unpaired) electrons. The smallest absolute Gasteiger partial charge is 0.303 e. The molecule has 35 heavy (non-hydrogen) atoms. The molecule has 1 amide bonds. The molecule has 1 aliphatic rings. The summed E-state index contributed by atoms with van der Waals surface area (Å²) in [6.07, 6.45) is -0.101. The minimum atomic E-state index is -1.94. The molecule has 0 aromatic carbocycles. The molecule has 4 atom stereocenters. The number of aromatic nitrogens is 3. The van der Waals surface area contributed by atoms with Gasteiger partial charge in [0.25, 0.3) is 0 Å². The van der Waals surface area contributed by atoms with Crippen molar-refractivity contribution in [3.8, 4) is 6.07 Å². The molecule has 3 heterocycles. The van der Waals surface area contributed by atoms with Gasteiger partial charge in [0.1, 0.15) is 24.5 Å². The van der Waals surface area contributed by atoms with Gasteiger partial charge >= 0.3 is 17.9 Å². The maximum absolute atomic E-state index is 12.1. The molecule has 3 rings (SSSR count). The number of rotatable bonds is 10. The Morgan fingerprint density at radius 1 is 1.26 bits per heavy atom. The Morgan fingerprint density at radius 3 is 2.57 bits per heavy atom. The van der Waals surface area contributed by atoms with E-state index in [1.54, 1.807) is 6.07 Å². The van der Waals surface area contributed by atoms with E-state index < -0.39 is 54.3 Å². The van der Waals surface area contributed by atoms with Crippen LogP contribution in [0.1, 0.15) is 45.2 Å². The van der Waals surface area contributed by atoms with Crippen molar-refractivity contribution in [1.29, 1.82) is 5.26 Å². The molecule has 13 nitrogen and oxygen atoms in total. The van der Waals surface area contributed by atoms with Crippen molar-refractivity contribution in [2.45, 2.75) is 51.2 Å². The van der Waals surface area contributed by atoms with E-state index in [9.17, 15) is 34.7 Å². The minimum Gasteiger partial charge on any atom is -0.481 e. The van der Waals surface area contributed by atoms with Gasteiger partial charge in [0, 0.05) is 25.2 Å². The van der Waals surface area contributed by atoms with Gasteiger partial charge < -0.3 is 25.0 Å². The predicted octanol–water partition coefficient (Wildman–Crippen LogP) is 1.33. The van der Waals surface area contributed by atoms with Crippen molar-refractivity contribution in [1.82, 2.24) is 14.6 Å². The van der Waals surface area contributed by atoms with Crippen molar-refractivity contribution in [3.63, 3.8) is 0 Å². The average Bonchev–Trinajstić information content (AvgIpc) is 3.33. The van der Waals surface area contributed by atoms with Crippen LogP contribution < -0.4 is 5.32 Å². The van der Waals surface area contributed by atoms with Gasteiger partial charge in [-0.25, -0.2) is 9.50 Å². The first kappa shape index (κ1) is 25.6. The third-order valence-corrected chi connectivity index (χ3v) is 5.84. The number of amides is 1. The van der Waals surface area contributed by atoms with Crippen LogP contribution in [-0.2, 0) is 34.3 Å². The summed E-state index contributed by atoms with van der Waals surface area (Å²) in [5, 5.41) is 36.2.